The average Bonchev–Trinajstić information content (AvgIpc) is 2.43. The number of benzene rings is 2. The third-order valence-corrected chi connectivity index (χ3v) is 2.48. The zero-order chi connectivity index (χ0) is 14.5. The second kappa shape index (κ2) is 6.06. The van der Waals surface area contributed by atoms with Gasteiger partial charge in [-0.2, -0.15) is 0 Å². The van der Waals surface area contributed by atoms with Crippen molar-refractivity contribution in [1.82, 2.24) is 0 Å². The van der Waals surface area contributed by atoms with Gasteiger partial charge >= 0.3 is 0 Å². The number of anilines is 1. The van der Waals surface area contributed by atoms with E-state index < -0.39 is 23.4 Å². The molecule has 0 saturated heterocycles. The predicted octanol–water partition coefficient (Wildman–Crippen LogP) is 3.76. The summed E-state index contributed by atoms with van der Waals surface area (Å²) >= 11 is 0. The first-order chi connectivity index (χ1) is 9.56. The Morgan fingerprint density at radius 2 is 1.60 bits per heavy atom. The molecule has 0 atom stereocenters. The van der Waals surface area contributed by atoms with E-state index in [-0.39, 0.29) is 5.69 Å². The van der Waals surface area contributed by atoms with Crippen LogP contribution in [0.15, 0.2) is 48.5 Å². The topological polar surface area (TPSA) is 29.1 Å². The summed E-state index contributed by atoms with van der Waals surface area (Å²) in [6.07, 6.45) is 2.76. The molecule has 1 N–H and O–H groups in total. The fourth-order valence-electron chi connectivity index (χ4n) is 1.55. The highest BCUT2D eigenvalue weighted by Gasteiger charge is 2.11. The summed E-state index contributed by atoms with van der Waals surface area (Å²) in [5.41, 5.74) is 0.656. The zero-order valence-corrected chi connectivity index (χ0v) is 10.2. The molecule has 0 aliphatic rings. The maximum absolute atomic E-state index is 13.0. The molecule has 0 aromatic heterocycles. The van der Waals surface area contributed by atoms with Crippen LogP contribution in [0.3, 0.4) is 0 Å². The monoisotopic (exact) mass is 277 g/mol. The first kappa shape index (κ1) is 13.9. The molecular weight excluding hydrogens is 267 g/mol. The number of hydrogen-bond acceptors (Lipinski definition) is 1. The molecule has 5 heteroatoms. The number of hydrogen-bond donors (Lipinski definition) is 1. The van der Waals surface area contributed by atoms with Crippen LogP contribution in [0, 0.1) is 17.5 Å². The molecule has 20 heavy (non-hydrogen) atoms. The third kappa shape index (κ3) is 3.47. The highest BCUT2D eigenvalue weighted by atomic mass is 19.2. The van der Waals surface area contributed by atoms with Crippen molar-refractivity contribution in [2.75, 3.05) is 5.32 Å². The molecule has 2 nitrogen and oxygen atoms in total. The summed E-state index contributed by atoms with van der Waals surface area (Å²) in [5, 5.41) is 2.25. The van der Waals surface area contributed by atoms with Gasteiger partial charge in [-0.1, -0.05) is 30.3 Å². The van der Waals surface area contributed by atoms with E-state index in [1.54, 1.807) is 18.2 Å². The van der Waals surface area contributed by atoms with Crippen molar-refractivity contribution in [3.63, 3.8) is 0 Å². The number of amides is 1. The van der Waals surface area contributed by atoms with Crippen molar-refractivity contribution in [3.8, 4) is 0 Å². The molecule has 0 saturated carbocycles. The van der Waals surface area contributed by atoms with Crippen LogP contribution in [0.25, 0.3) is 6.08 Å². The maximum Gasteiger partial charge on any atom is 0.248 e. The summed E-state index contributed by atoms with van der Waals surface area (Å²) in [4.78, 5) is 11.6. The molecule has 0 radical (unpaired) electrons. The average molecular weight is 277 g/mol. The Balaban J connectivity index is 2.07. The maximum atomic E-state index is 13.0. The number of carbonyl (C=O) groups is 1. The normalized spacial score (nSPS) is 10.8. The van der Waals surface area contributed by atoms with Gasteiger partial charge < -0.3 is 5.32 Å². The SMILES string of the molecule is O=C(/C=C/c1ccccc1)Nc1cc(F)c(F)c(F)c1. The molecule has 2 rings (SSSR count). The highest BCUT2D eigenvalue weighted by Crippen LogP contribution is 2.17. The Morgan fingerprint density at radius 3 is 2.20 bits per heavy atom. The fraction of sp³-hybridized carbons (Fsp3) is 0. The molecule has 0 unspecified atom stereocenters. The van der Waals surface area contributed by atoms with Gasteiger partial charge in [0.1, 0.15) is 0 Å². The van der Waals surface area contributed by atoms with E-state index in [9.17, 15) is 18.0 Å². The zero-order valence-electron chi connectivity index (χ0n) is 10.2. The van der Waals surface area contributed by atoms with Crippen LogP contribution >= 0.6 is 0 Å². The predicted molar refractivity (Wildman–Crippen MR) is 70.4 cm³/mol. The van der Waals surface area contributed by atoms with Crippen molar-refractivity contribution in [3.05, 3.63) is 71.6 Å². The number of nitrogens with one attached hydrogen (secondary N) is 1. The van der Waals surface area contributed by atoms with Gasteiger partial charge in [-0.3, -0.25) is 4.79 Å². The van der Waals surface area contributed by atoms with Crippen LogP contribution in [0.2, 0.25) is 0 Å². The molecule has 0 spiro atoms. The van der Waals surface area contributed by atoms with Crippen LogP contribution in [-0.4, -0.2) is 5.91 Å². The number of carbonyl (C=O) groups excluding carboxylic acids is 1. The van der Waals surface area contributed by atoms with Crippen molar-refractivity contribution < 1.29 is 18.0 Å². The Labute approximate surface area is 113 Å². The summed E-state index contributed by atoms with van der Waals surface area (Å²) < 4.78 is 38.7. The van der Waals surface area contributed by atoms with Gasteiger partial charge in [-0.25, -0.2) is 13.2 Å². The van der Waals surface area contributed by atoms with Crippen molar-refractivity contribution in [2.24, 2.45) is 0 Å². The molecule has 1 amide bonds. The molecule has 2 aromatic carbocycles. The van der Waals surface area contributed by atoms with Crippen molar-refractivity contribution >= 4 is 17.7 Å². The van der Waals surface area contributed by atoms with Crippen LogP contribution in [-0.2, 0) is 4.79 Å². The van der Waals surface area contributed by atoms with Gasteiger partial charge in [0.05, 0.1) is 0 Å². The smallest absolute Gasteiger partial charge is 0.248 e. The Morgan fingerprint density at radius 1 is 1.00 bits per heavy atom. The minimum absolute atomic E-state index is 0.149. The van der Waals surface area contributed by atoms with Gasteiger partial charge in [0.25, 0.3) is 0 Å². The van der Waals surface area contributed by atoms with Gasteiger partial charge in [0.15, 0.2) is 17.5 Å². The third-order valence-electron chi connectivity index (χ3n) is 2.48. The highest BCUT2D eigenvalue weighted by molar-refractivity contribution is 6.01. The quantitative estimate of drug-likeness (QED) is 0.671. The minimum Gasteiger partial charge on any atom is -0.322 e. The van der Waals surface area contributed by atoms with E-state index in [1.165, 1.54) is 6.08 Å². The lowest BCUT2D eigenvalue weighted by Gasteiger charge is -2.03. The van der Waals surface area contributed by atoms with Gasteiger partial charge in [0, 0.05) is 23.9 Å². The fourth-order valence-corrected chi connectivity index (χ4v) is 1.55. The Bertz CT molecular complexity index is 630. The summed E-state index contributed by atoms with van der Waals surface area (Å²) in [5.74, 6) is -4.85. The molecular formula is C15H10F3NO. The van der Waals surface area contributed by atoms with E-state index in [0.717, 1.165) is 5.56 Å². The standard InChI is InChI=1S/C15H10F3NO/c16-12-8-11(9-13(17)15(12)18)19-14(20)7-6-10-4-2-1-3-5-10/h1-9H,(H,19,20)/b7-6+. The molecule has 0 fully saturated rings. The lowest BCUT2D eigenvalue weighted by atomic mass is 10.2. The van der Waals surface area contributed by atoms with Crippen molar-refractivity contribution in [2.45, 2.75) is 0 Å². The molecule has 0 aliphatic heterocycles. The van der Waals surface area contributed by atoms with Crippen LogP contribution in [0.4, 0.5) is 18.9 Å². The first-order valence-corrected chi connectivity index (χ1v) is 5.75. The lowest BCUT2D eigenvalue weighted by molar-refractivity contribution is -0.111. The summed E-state index contributed by atoms with van der Waals surface area (Å²) in [7, 11) is 0. The molecule has 0 bridgehead atoms. The number of rotatable bonds is 3. The second-order valence-corrected chi connectivity index (χ2v) is 3.99. The van der Waals surface area contributed by atoms with Crippen LogP contribution in [0.5, 0.6) is 0 Å². The van der Waals surface area contributed by atoms with E-state index in [0.29, 0.717) is 12.1 Å². The van der Waals surface area contributed by atoms with Gasteiger partial charge in [0.2, 0.25) is 5.91 Å². The largest absolute Gasteiger partial charge is 0.322 e. The van der Waals surface area contributed by atoms with Crippen LogP contribution < -0.4 is 5.32 Å². The number of halogens is 3. The molecule has 102 valence electrons. The van der Waals surface area contributed by atoms with E-state index in [1.807, 2.05) is 18.2 Å². The van der Waals surface area contributed by atoms with Gasteiger partial charge in [-0.15, -0.1) is 0 Å². The van der Waals surface area contributed by atoms with E-state index >= 15 is 0 Å². The molecule has 0 aliphatic carbocycles. The second-order valence-electron chi connectivity index (χ2n) is 3.99. The van der Waals surface area contributed by atoms with E-state index in [2.05, 4.69) is 5.32 Å². The summed E-state index contributed by atoms with van der Waals surface area (Å²) in [6, 6.07) is 10.5. The summed E-state index contributed by atoms with van der Waals surface area (Å²) in [6.45, 7) is 0. The van der Waals surface area contributed by atoms with Crippen molar-refractivity contribution in [1.29, 1.82) is 0 Å². The lowest BCUT2D eigenvalue weighted by Crippen LogP contribution is -2.09. The Kier molecular flexibility index (Phi) is 4.20. The molecule has 2 aromatic rings. The van der Waals surface area contributed by atoms with Gasteiger partial charge in [-0.05, 0) is 11.6 Å². The minimum atomic E-state index is -1.57. The van der Waals surface area contributed by atoms with E-state index in [4.69, 9.17) is 0 Å². The Hall–Kier alpha value is -2.56. The first-order valence-electron chi connectivity index (χ1n) is 5.75. The van der Waals surface area contributed by atoms with Crippen LogP contribution in [0.1, 0.15) is 5.56 Å². The molecule has 0 heterocycles.